The highest BCUT2D eigenvalue weighted by Gasteiger charge is 2.08. The molecule has 0 bridgehead atoms. The van der Waals surface area contributed by atoms with Gasteiger partial charge in [0.15, 0.2) is 0 Å². The second-order valence-corrected chi connectivity index (χ2v) is 5.42. The SMILES string of the molecule is Cc1ccc(NC(=O)Cn2ccnc2CNC(C)C)cc1. The zero-order chi connectivity index (χ0) is 15.2. The fourth-order valence-electron chi connectivity index (χ4n) is 1.94. The first-order valence-electron chi connectivity index (χ1n) is 7.14. The van der Waals surface area contributed by atoms with Crippen molar-refractivity contribution in [1.82, 2.24) is 14.9 Å². The molecule has 5 heteroatoms. The summed E-state index contributed by atoms with van der Waals surface area (Å²) in [6, 6.07) is 8.15. The minimum Gasteiger partial charge on any atom is -0.325 e. The number of carbonyl (C=O) groups excluding carboxylic acids is 1. The molecule has 0 saturated carbocycles. The molecule has 2 rings (SSSR count). The molecule has 2 aromatic rings. The van der Waals surface area contributed by atoms with Gasteiger partial charge < -0.3 is 15.2 Å². The first-order chi connectivity index (χ1) is 10.0. The largest absolute Gasteiger partial charge is 0.325 e. The van der Waals surface area contributed by atoms with Crippen LogP contribution < -0.4 is 10.6 Å². The molecule has 1 heterocycles. The summed E-state index contributed by atoms with van der Waals surface area (Å²) in [5.41, 5.74) is 1.98. The number of benzene rings is 1. The van der Waals surface area contributed by atoms with Gasteiger partial charge in [-0.3, -0.25) is 4.79 Å². The van der Waals surface area contributed by atoms with Gasteiger partial charge in [-0.1, -0.05) is 31.5 Å². The summed E-state index contributed by atoms with van der Waals surface area (Å²) in [5.74, 6) is 0.811. The average Bonchev–Trinajstić information content (AvgIpc) is 2.86. The van der Waals surface area contributed by atoms with E-state index >= 15 is 0 Å². The number of hydrogen-bond donors (Lipinski definition) is 2. The van der Waals surface area contributed by atoms with E-state index in [1.54, 1.807) is 6.20 Å². The van der Waals surface area contributed by atoms with Gasteiger partial charge in [0.25, 0.3) is 0 Å². The molecule has 1 aromatic carbocycles. The van der Waals surface area contributed by atoms with Crippen molar-refractivity contribution >= 4 is 11.6 Å². The maximum atomic E-state index is 12.1. The van der Waals surface area contributed by atoms with Crippen LogP contribution in [0, 0.1) is 6.92 Å². The molecular weight excluding hydrogens is 264 g/mol. The van der Waals surface area contributed by atoms with Gasteiger partial charge in [0.2, 0.25) is 5.91 Å². The van der Waals surface area contributed by atoms with Crippen LogP contribution in [0.4, 0.5) is 5.69 Å². The van der Waals surface area contributed by atoms with E-state index in [0.717, 1.165) is 11.5 Å². The standard InChI is InChI=1S/C16H22N4O/c1-12(2)18-10-15-17-8-9-20(15)11-16(21)19-14-6-4-13(3)5-7-14/h4-9,12,18H,10-11H2,1-3H3,(H,19,21). The fraction of sp³-hybridized carbons (Fsp3) is 0.375. The number of nitrogens with zero attached hydrogens (tertiary/aromatic N) is 2. The summed E-state index contributed by atoms with van der Waals surface area (Å²) in [7, 11) is 0. The third-order valence-electron chi connectivity index (χ3n) is 3.12. The van der Waals surface area contributed by atoms with Gasteiger partial charge >= 0.3 is 0 Å². The second kappa shape index (κ2) is 7.04. The minimum atomic E-state index is -0.0531. The van der Waals surface area contributed by atoms with Crippen molar-refractivity contribution < 1.29 is 4.79 Å². The predicted octanol–water partition coefficient (Wildman–Crippen LogP) is 2.33. The summed E-state index contributed by atoms with van der Waals surface area (Å²) in [6.45, 7) is 7.10. The lowest BCUT2D eigenvalue weighted by molar-refractivity contribution is -0.116. The Morgan fingerprint density at radius 2 is 2.00 bits per heavy atom. The molecule has 1 amide bonds. The number of aromatic nitrogens is 2. The second-order valence-electron chi connectivity index (χ2n) is 5.42. The monoisotopic (exact) mass is 286 g/mol. The van der Waals surface area contributed by atoms with E-state index in [0.29, 0.717) is 12.6 Å². The highest BCUT2D eigenvalue weighted by atomic mass is 16.1. The van der Waals surface area contributed by atoms with Crippen LogP contribution in [0.15, 0.2) is 36.7 Å². The van der Waals surface area contributed by atoms with Crippen molar-refractivity contribution in [3.8, 4) is 0 Å². The summed E-state index contributed by atoms with van der Waals surface area (Å²) in [6.07, 6.45) is 3.54. The Labute approximate surface area is 125 Å². The molecule has 0 radical (unpaired) electrons. The third kappa shape index (κ3) is 4.72. The smallest absolute Gasteiger partial charge is 0.244 e. The Kier molecular flexibility index (Phi) is 5.11. The number of nitrogens with one attached hydrogen (secondary N) is 2. The normalized spacial score (nSPS) is 10.9. The molecule has 0 aliphatic carbocycles. The molecule has 5 nitrogen and oxygen atoms in total. The number of anilines is 1. The minimum absolute atomic E-state index is 0.0531. The summed E-state index contributed by atoms with van der Waals surface area (Å²) >= 11 is 0. The Morgan fingerprint density at radius 3 is 2.67 bits per heavy atom. The number of imidazole rings is 1. The lowest BCUT2D eigenvalue weighted by Crippen LogP contribution is -2.26. The molecule has 0 unspecified atom stereocenters. The maximum absolute atomic E-state index is 12.1. The number of rotatable bonds is 6. The molecule has 112 valence electrons. The quantitative estimate of drug-likeness (QED) is 0.857. The van der Waals surface area contributed by atoms with E-state index in [2.05, 4.69) is 29.5 Å². The molecule has 0 saturated heterocycles. The number of hydrogen-bond acceptors (Lipinski definition) is 3. The van der Waals surface area contributed by atoms with Crippen LogP contribution in [-0.4, -0.2) is 21.5 Å². The van der Waals surface area contributed by atoms with Crippen LogP contribution in [0.5, 0.6) is 0 Å². The van der Waals surface area contributed by atoms with E-state index < -0.39 is 0 Å². The Bertz CT molecular complexity index is 587. The topological polar surface area (TPSA) is 59.0 Å². The first kappa shape index (κ1) is 15.3. The van der Waals surface area contributed by atoms with Gasteiger partial charge in [-0.25, -0.2) is 4.98 Å². The van der Waals surface area contributed by atoms with Gasteiger partial charge in [0.05, 0.1) is 6.54 Å². The fourth-order valence-corrected chi connectivity index (χ4v) is 1.94. The number of aryl methyl sites for hydroxylation is 1. The van der Waals surface area contributed by atoms with Crippen molar-refractivity contribution in [2.24, 2.45) is 0 Å². The van der Waals surface area contributed by atoms with Crippen molar-refractivity contribution in [3.05, 3.63) is 48.0 Å². The summed E-state index contributed by atoms with van der Waals surface area (Å²) in [5, 5.41) is 6.19. The van der Waals surface area contributed by atoms with Crippen LogP contribution in [0.2, 0.25) is 0 Å². The lowest BCUT2D eigenvalue weighted by Gasteiger charge is -2.11. The number of amides is 1. The highest BCUT2D eigenvalue weighted by molar-refractivity contribution is 5.90. The van der Waals surface area contributed by atoms with E-state index in [1.165, 1.54) is 5.56 Å². The molecule has 21 heavy (non-hydrogen) atoms. The maximum Gasteiger partial charge on any atom is 0.244 e. The zero-order valence-corrected chi connectivity index (χ0v) is 12.8. The van der Waals surface area contributed by atoms with Gasteiger partial charge in [0.1, 0.15) is 12.4 Å². The molecule has 2 N–H and O–H groups in total. The summed E-state index contributed by atoms with van der Waals surface area (Å²) < 4.78 is 1.86. The Balaban J connectivity index is 1.93. The van der Waals surface area contributed by atoms with Crippen LogP contribution in [0.25, 0.3) is 0 Å². The van der Waals surface area contributed by atoms with Gasteiger partial charge in [0, 0.05) is 24.1 Å². The van der Waals surface area contributed by atoms with E-state index in [-0.39, 0.29) is 12.5 Å². The molecule has 0 aliphatic rings. The summed E-state index contributed by atoms with van der Waals surface area (Å²) in [4.78, 5) is 16.4. The Morgan fingerprint density at radius 1 is 1.29 bits per heavy atom. The molecule has 0 fully saturated rings. The van der Waals surface area contributed by atoms with E-state index in [9.17, 15) is 4.79 Å². The first-order valence-corrected chi connectivity index (χ1v) is 7.14. The highest BCUT2D eigenvalue weighted by Crippen LogP contribution is 2.09. The van der Waals surface area contributed by atoms with Crippen LogP contribution in [0.1, 0.15) is 25.2 Å². The Hall–Kier alpha value is -2.14. The van der Waals surface area contributed by atoms with Gasteiger partial charge in [-0.05, 0) is 19.1 Å². The molecule has 0 atom stereocenters. The molecular formula is C16H22N4O. The molecule has 0 spiro atoms. The zero-order valence-electron chi connectivity index (χ0n) is 12.8. The average molecular weight is 286 g/mol. The van der Waals surface area contributed by atoms with Crippen molar-refractivity contribution in [3.63, 3.8) is 0 Å². The lowest BCUT2D eigenvalue weighted by atomic mass is 10.2. The molecule has 0 aliphatic heterocycles. The number of carbonyl (C=O) groups is 1. The van der Waals surface area contributed by atoms with Gasteiger partial charge in [-0.15, -0.1) is 0 Å². The van der Waals surface area contributed by atoms with Crippen LogP contribution in [-0.2, 0) is 17.9 Å². The van der Waals surface area contributed by atoms with Gasteiger partial charge in [-0.2, -0.15) is 0 Å². The van der Waals surface area contributed by atoms with E-state index in [1.807, 2.05) is 42.0 Å². The van der Waals surface area contributed by atoms with Crippen molar-refractivity contribution in [2.75, 3.05) is 5.32 Å². The third-order valence-corrected chi connectivity index (χ3v) is 3.12. The predicted molar refractivity (Wildman–Crippen MR) is 84.0 cm³/mol. The van der Waals surface area contributed by atoms with Crippen molar-refractivity contribution in [1.29, 1.82) is 0 Å². The molecule has 1 aromatic heterocycles. The van der Waals surface area contributed by atoms with Crippen LogP contribution in [0.3, 0.4) is 0 Å². The van der Waals surface area contributed by atoms with Crippen LogP contribution >= 0.6 is 0 Å². The van der Waals surface area contributed by atoms with Crippen molar-refractivity contribution in [2.45, 2.75) is 39.9 Å². The van der Waals surface area contributed by atoms with E-state index in [4.69, 9.17) is 0 Å².